The summed E-state index contributed by atoms with van der Waals surface area (Å²) in [5.41, 5.74) is 1.44. The molecule has 0 atom stereocenters. The smallest absolute Gasteiger partial charge is 0.00975 e. The molecule has 9 heavy (non-hydrogen) atoms. The molecule has 0 aliphatic heterocycles. The van der Waals surface area contributed by atoms with E-state index in [0.717, 1.165) is 12.8 Å². The van der Waals surface area contributed by atoms with Crippen molar-refractivity contribution < 1.29 is 0 Å². The summed E-state index contributed by atoms with van der Waals surface area (Å²) in [4.78, 5) is 0. The molecular weight excluding hydrogens is 108 g/mol. The van der Waals surface area contributed by atoms with Crippen LogP contribution in [0, 0.1) is 0 Å². The lowest BCUT2D eigenvalue weighted by atomic mass is 10.1. The van der Waals surface area contributed by atoms with Gasteiger partial charge in [-0.1, -0.05) is 37.3 Å². The lowest BCUT2D eigenvalue weighted by molar-refractivity contribution is 1.15. The average Bonchev–Trinajstić information content (AvgIpc) is 1.91. The predicted molar refractivity (Wildman–Crippen MR) is 41.3 cm³/mol. The van der Waals surface area contributed by atoms with Crippen LogP contribution in [0.15, 0.2) is 36.0 Å². The van der Waals surface area contributed by atoms with Gasteiger partial charge in [-0.2, -0.15) is 0 Å². The van der Waals surface area contributed by atoms with Gasteiger partial charge in [0.05, 0.1) is 0 Å². The maximum absolute atomic E-state index is 2.26. The molecule has 0 heteroatoms. The molecular formula is C9H12. The fourth-order valence-electron chi connectivity index (χ4n) is 0.943. The van der Waals surface area contributed by atoms with Crippen molar-refractivity contribution >= 4 is 0 Å². The van der Waals surface area contributed by atoms with E-state index in [9.17, 15) is 0 Å². The van der Waals surface area contributed by atoms with Gasteiger partial charge in [-0.05, 0) is 18.4 Å². The number of rotatable bonds is 1. The number of hydrogen-bond acceptors (Lipinski definition) is 0. The second-order valence-corrected chi connectivity index (χ2v) is 2.18. The van der Waals surface area contributed by atoms with Crippen molar-refractivity contribution in [3.8, 4) is 0 Å². The van der Waals surface area contributed by atoms with E-state index in [2.05, 4.69) is 37.3 Å². The highest BCUT2D eigenvalue weighted by Gasteiger charge is 1.89. The van der Waals surface area contributed by atoms with Gasteiger partial charge in [0.15, 0.2) is 0 Å². The van der Waals surface area contributed by atoms with E-state index in [1.165, 1.54) is 5.57 Å². The molecule has 0 saturated carbocycles. The molecule has 0 N–H and O–H groups in total. The van der Waals surface area contributed by atoms with E-state index in [-0.39, 0.29) is 0 Å². The number of hydrogen-bond donors (Lipinski definition) is 0. The molecule has 0 bridgehead atoms. The van der Waals surface area contributed by atoms with Crippen LogP contribution in [-0.2, 0) is 0 Å². The topological polar surface area (TPSA) is 0 Å². The molecule has 0 aromatic heterocycles. The Balaban J connectivity index is 2.55. The van der Waals surface area contributed by atoms with E-state index < -0.39 is 0 Å². The first-order valence-electron chi connectivity index (χ1n) is 3.45. The maximum atomic E-state index is 2.26. The summed E-state index contributed by atoms with van der Waals surface area (Å²) >= 11 is 0. The summed E-state index contributed by atoms with van der Waals surface area (Å²) in [6, 6.07) is 0. The van der Waals surface area contributed by atoms with Crippen molar-refractivity contribution in [2.24, 2.45) is 0 Å². The summed E-state index contributed by atoms with van der Waals surface area (Å²) in [5.74, 6) is 0. The predicted octanol–water partition coefficient (Wildman–Crippen LogP) is 2.84. The van der Waals surface area contributed by atoms with Crippen molar-refractivity contribution in [2.75, 3.05) is 0 Å². The summed E-state index contributed by atoms with van der Waals surface area (Å²) < 4.78 is 0. The summed E-state index contributed by atoms with van der Waals surface area (Å²) in [5, 5.41) is 0. The molecule has 0 spiro atoms. The Hall–Kier alpha value is -0.780. The van der Waals surface area contributed by atoms with Crippen molar-refractivity contribution in [1.29, 1.82) is 0 Å². The van der Waals surface area contributed by atoms with Gasteiger partial charge in [0.25, 0.3) is 0 Å². The van der Waals surface area contributed by atoms with Gasteiger partial charge < -0.3 is 0 Å². The molecule has 0 amide bonds. The highest BCUT2D eigenvalue weighted by Crippen LogP contribution is 2.09. The van der Waals surface area contributed by atoms with E-state index >= 15 is 0 Å². The SMILES string of the molecule is CC/C=C1/C=CC=CC1. The van der Waals surface area contributed by atoms with Gasteiger partial charge in [0, 0.05) is 0 Å². The molecule has 1 aliphatic rings. The molecule has 1 aliphatic carbocycles. The molecule has 0 aromatic rings. The molecule has 48 valence electrons. The molecule has 0 radical (unpaired) electrons. The highest BCUT2D eigenvalue weighted by molar-refractivity contribution is 5.29. The third kappa shape index (κ3) is 1.88. The third-order valence-corrected chi connectivity index (χ3v) is 1.38. The van der Waals surface area contributed by atoms with Crippen LogP contribution in [0.5, 0.6) is 0 Å². The zero-order valence-corrected chi connectivity index (χ0v) is 5.80. The lowest BCUT2D eigenvalue weighted by Crippen LogP contribution is -1.78. The third-order valence-electron chi connectivity index (χ3n) is 1.38. The first-order valence-corrected chi connectivity index (χ1v) is 3.45. The fraction of sp³-hybridized carbons (Fsp3) is 0.333. The molecule has 0 fully saturated rings. The second kappa shape index (κ2) is 3.29. The van der Waals surface area contributed by atoms with Crippen molar-refractivity contribution in [1.82, 2.24) is 0 Å². The Morgan fingerprint density at radius 3 is 3.00 bits per heavy atom. The molecule has 0 aromatic carbocycles. The van der Waals surface area contributed by atoms with E-state index in [4.69, 9.17) is 0 Å². The van der Waals surface area contributed by atoms with Gasteiger partial charge in [0.1, 0.15) is 0 Å². The summed E-state index contributed by atoms with van der Waals surface area (Å²) in [7, 11) is 0. The molecule has 0 heterocycles. The van der Waals surface area contributed by atoms with Gasteiger partial charge >= 0.3 is 0 Å². The van der Waals surface area contributed by atoms with E-state index in [1.807, 2.05) is 0 Å². The Morgan fingerprint density at radius 2 is 2.44 bits per heavy atom. The standard InChI is InChI=1S/C9H12/c1-2-6-9-7-4-3-5-8-9/h3-7H,2,8H2,1H3/b9-6-. The molecule has 0 saturated heterocycles. The minimum Gasteiger partial charge on any atom is -0.0813 e. The fourth-order valence-corrected chi connectivity index (χ4v) is 0.943. The van der Waals surface area contributed by atoms with Crippen LogP contribution in [0.1, 0.15) is 19.8 Å². The number of allylic oxidation sites excluding steroid dienone is 6. The van der Waals surface area contributed by atoms with Crippen molar-refractivity contribution in [3.63, 3.8) is 0 Å². The van der Waals surface area contributed by atoms with Gasteiger partial charge in [-0.3, -0.25) is 0 Å². The Morgan fingerprint density at radius 1 is 1.56 bits per heavy atom. The van der Waals surface area contributed by atoms with Crippen LogP contribution in [0.3, 0.4) is 0 Å². The maximum Gasteiger partial charge on any atom is -0.00975 e. The van der Waals surface area contributed by atoms with Crippen LogP contribution < -0.4 is 0 Å². The molecule has 0 nitrogen and oxygen atoms in total. The van der Waals surface area contributed by atoms with Crippen LogP contribution in [0.2, 0.25) is 0 Å². The van der Waals surface area contributed by atoms with E-state index in [1.54, 1.807) is 0 Å². The second-order valence-electron chi connectivity index (χ2n) is 2.18. The van der Waals surface area contributed by atoms with Crippen LogP contribution in [0.4, 0.5) is 0 Å². The Labute approximate surface area is 56.6 Å². The zero-order valence-electron chi connectivity index (χ0n) is 5.80. The zero-order chi connectivity index (χ0) is 6.53. The quantitative estimate of drug-likeness (QED) is 0.499. The summed E-state index contributed by atoms with van der Waals surface area (Å²) in [6.45, 7) is 2.17. The van der Waals surface area contributed by atoms with Crippen molar-refractivity contribution in [2.45, 2.75) is 19.8 Å². The van der Waals surface area contributed by atoms with Crippen LogP contribution >= 0.6 is 0 Å². The minimum atomic E-state index is 1.12. The molecule has 1 rings (SSSR count). The average molecular weight is 120 g/mol. The highest BCUT2D eigenvalue weighted by atomic mass is 14.0. The van der Waals surface area contributed by atoms with Crippen LogP contribution in [-0.4, -0.2) is 0 Å². The monoisotopic (exact) mass is 120 g/mol. The molecule has 0 unspecified atom stereocenters. The van der Waals surface area contributed by atoms with Crippen LogP contribution in [0.25, 0.3) is 0 Å². The first-order chi connectivity index (χ1) is 4.43. The van der Waals surface area contributed by atoms with Crippen molar-refractivity contribution in [3.05, 3.63) is 36.0 Å². The summed E-state index contributed by atoms with van der Waals surface area (Å²) in [6.07, 6.45) is 13.1. The van der Waals surface area contributed by atoms with Gasteiger partial charge in [0.2, 0.25) is 0 Å². The largest absolute Gasteiger partial charge is 0.0813 e. The Kier molecular flexibility index (Phi) is 2.32. The van der Waals surface area contributed by atoms with Gasteiger partial charge in [-0.15, -0.1) is 0 Å². The Bertz CT molecular complexity index is 159. The van der Waals surface area contributed by atoms with Gasteiger partial charge in [-0.25, -0.2) is 0 Å². The minimum absolute atomic E-state index is 1.12. The first kappa shape index (κ1) is 6.34. The normalized spacial score (nSPS) is 21.2. The van der Waals surface area contributed by atoms with E-state index in [0.29, 0.717) is 0 Å². The lowest BCUT2D eigenvalue weighted by Gasteiger charge is -1.99.